The topological polar surface area (TPSA) is 98.2 Å². The summed E-state index contributed by atoms with van der Waals surface area (Å²) in [6.07, 6.45) is 1.79. The predicted octanol–water partition coefficient (Wildman–Crippen LogP) is -0.207. The molecule has 1 aromatic rings. The number of hydrogen-bond donors (Lipinski definition) is 3. The number of amides is 2. The highest BCUT2D eigenvalue weighted by Crippen LogP contribution is 2.05. The molecule has 0 saturated carbocycles. The van der Waals surface area contributed by atoms with Gasteiger partial charge in [-0.05, 0) is 37.1 Å². The maximum absolute atomic E-state index is 10.8. The minimum atomic E-state index is -0.417. The number of hydrogen-bond acceptors (Lipinski definition) is 3. The Morgan fingerprint density at radius 3 is 2.29 bits per heavy atom. The highest BCUT2D eigenvalue weighted by Gasteiger charge is 1.99. The Balaban J connectivity index is 2.27. The SMILES string of the molecule is NC(=O)CNCCCc1ccc(C(N)=O)cc1. The number of nitrogens with two attached hydrogens (primary N) is 2. The Bertz CT molecular complexity index is 387. The number of carbonyl (C=O) groups is 2. The van der Waals surface area contributed by atoms with Crippen LogP contribution in [0.2, 0.25) is 0 Å². The van der Waals surface area contributed by atoms with Crippen LogP contribution in [0, 0.1) is 0 Å². The number of nitrogens with one attached hydrogen (secondary N) is 1. The van der Waals surface area contributed by atoms with Crippen LogP contribution >= 0.6 is 0 Å². The molecule has 1 aromatic carbocycles. The molecule has 5 N–H and O–H groups in total. The molecule has 5 nitrogen and oxygen atoms in total. The third-order valence-corrected chi connectivity index (χ3v) is 2.36. The fourth-order valence-electron chi connectivity index (χ4n) is 1.46. The molecule has 0 spiro atoms. The molecule has 0 aliphatic heterocycles. The first-order chi connectivity index (χ1) is 8.09. The maximum Gasteiger partial charge on any atom is 0.248 e. The first kappa shape index (κ1) is 13.2. The van der Waals surface area contributed by atoms with Crippen molar-refractivity contribution in [3.05, 3.63) is 35.4 Å². The Morgan fingerprint density at radius 1 is 1.12 bits per heavy atom. The second-order valence-electron chi connectivity index (χ2n) is 3.81. The molecule has 0 unspecified atom stereocenters. The van der Waals surface area contributed by atoms with E-state index in [0.29, 0.717) is 5.56 Å². The van der Waals surface area contributed by atoms with Gasteiger partial charge in [-0.1, -0.05) is 12.1 Å². The van der Waals surface area contributed by atoms with Crippen LogP contribution in [-0.2, 0) is 11.2 Å². The summed E-state index contributed by atoms with van der Waals surface area (Å²) in [7, 11) is 0. The summed E-state index contributed by atoms with van der Waals surface area (Å²) in [6.45, 7) is 0.946. The van der Waals surface area contributed by atoms with E-state index in [4.69, 9.17) is 11.5 Å². The molecule has 0 radical (unpaired) electrons. The summed E-state index contributed by atoms with van der Waals surface area (Å²) >= 11 is 0. The van der Waals surface area contributed by atoms with E-state index in [9.17, 15) is 9.59 Å². The second kappa shape index (κ2) is 6.65. The first-order valence-electron chi connectivity index (χ1n) is 5.47. The van der Waals surface area contributed by atoms with E-state index in [-0.39, 0.29) is 12.5 Å². The average molecular weight is 235 g/mol. The molecule has 0 aromatic heterocycles. The Kier molecular flexibility index (Phi) is 5.16. The van der Waals surface area contributed by atoms with Gasteiger partial charge in [0.2, 0.25) is 11.8 Å². The lowest BCUT2D eigenvalue weighted by atomic mass is 10.1. The molecule has 2 amide bonds. The molecule has 0 atom stereocenters. The predicted molar refractivity (Wildman–Crippen MR) is 65.3 cm³/mol. The van der Waals surface area contributed by atoms with Crippen LogP contribution in [0.5, 0.6) is 0 Å². The molecule has 0 saturated heterocycles. The van der Waals surface area contributed by atoms with Crippen molar-refractivity contribution in [2.75, 3.05) is 13.1 Å². The minimum absolute atomic E-state index is 0.209. The van der Waals surface area contributed by atoms with Crippen molar-refractivity contribution in [3.8, 4) is 0 Å². The second-order valence-corrected chi connectivity index (χ2v) is 3.81. The molecule has 1 rings (SSSR count). The van der Waals surface area contributed by atoms with Gasteiger partial charge in [0, 0.05) is 5.56 Å². The van der Waals surface area contributed by atoms with Crippen molar-refractivity contribution < 1.29 is 9.59 Å². The van der Waals surface area contributed by atoms with E-state index < -0.39 is 5.91 Å². The van der Waals surface area contributed by atoms with Gasteiger partial charge in [0.25, 0.3) is 0 Å². The van der Waals surface area contributed by atoms with Crippen molar-refractivity contribution in [1.29, 1.82) is 0 Å². The summed E-state index contributed by atoms with van der Waals surface area (Å²) in [6, 6.07) is 7.20. The average Bonchev–Trinajstić information content (AvgIpc) is 2.29. The van der Waals surface area contributed by atoms with Gasteiger partial charge in [0.15, 0.2) is 0 Å². The Morgan fingerprint density at radius 2 is 1.76 bits per heavy atom. The van der Waals surface area contributed by atoms with E-state index in [1.54, 1.807) is 12.1 Å². The van der Waals surface area contributed by atoms with Crippen LogP contribution in [0.1, 0.15) is 22.3 Å². The van der Waals surface area contributed by atoms with Crippen LogP contribution in [-0.4, -0.2) is 24.9 Å². The Labute approximate surface area is 100 Å². The van der Waals surface area contributed by atoms with Gasteiger partial charge in [-0.3, -0.25) is 9.59 Å². The molecular formula is C12H17N3O2. The van der Waals surface area contributed by atoms with Gasteiger partial charge < -0.3 is 16.8 Å². The van der Waals surface area contributed by atoms with Gasteiger partial charge in [-0.2, -0.15) is 0 Å². The van der Waals surface area contributed by atoms with Crippen LogP contribution in [0.25, 0.3) is 0 Å². The summed E-state index contributed by atoms with van der Waals surface area (Å²) in [5, 5.41) is 2.94. The van der Waals surface area contributed by atoms with Crippen LogP contribution < -0.4 is 16.8 Å². The molecule has 92 valence electrons. The number of rotatable bonds is 7. The van der Waals surface area contributed by atoms with E-state index in [1.165, 1.54) is 0 Å². The monoisotopic (exact) mass is 235 g/mol. The smallest absolute Gasteiger partial charge is 0.248 e. The minimum Gasteiger partial charge on any atom is -0.369 e. The van der Waals surface area contributed by atoms with Gasteiger partial charge >= 0.3 is 0 Å². The summed E-state index contributed by atoms with van der Waals surface area (Å²) in [4.78, 5) is 21.3. The molecule has 0 fully saturated rings. The van der Waals surface area contributed by atoms with E-state index >= 15 is 0 Å². The molecule has 0 aliphatic rings. The first-order valence-corrected chi connectivity index (χ1v) is 5.47. The van der Waals surface area contributed by atoms with Crippen molar-refractivity contribution in [2.45, 2.75) is 12.8 Å². The zero-order valence-electron chi connectivity index (χ0n) is 9.61. The van der Waals surface area contributed by atoms with Gasteiger partial charge in [0.1, 0.15) is 0 Å². The van der Waals surface area contributed by atoms with Crippen LogP contribution in [0.3, 0.4) is 0 Å². The fourth-order valence-corrected chi connectivity index (χ4v) is 1.46. The molecule has 5 heteroatoms. The normalized spacial score (nSPS) is 10.1. The summed E-state index contributed by atoms with van der Waals surface area (Å²) in [5.74, 6) is -0.768. The molecule has 0 bridgehead atoms. The highest BCUT2D eigenvalue weighted by atomic mass is 16.1. The third kappa shape index (κ3) is 5.12. The van der Waals surface area contributed by atoms with Gasteiger partial charge in [-0.15, -0.1) is 0 Å². The fraction of sp³-hybridized carbons (Fsp3) is 0.333. The number of carbonyl (C=O) groups excluding carboxylic acids is 2. The van der Waals surface area contributed by atoms with Crippen molar-refractivity contribution in [1.82, 2.24) is 5.32 Å². The molecule has 0 aliphatic carbocycles. The van der Waals surface area contributed by atoms with E-state index in [1.807, 2.05) is 12.1 Å². The standard InChI is InChI=1S/C12H17N3O2/c13-11(16)8-15-7-1-2-9-3-5-10(6-4-9)12(14)17/h3-6,15H,1-2,7-8H2,(H2,13,16)(H2,14,17). The van der Waals surface area contributed by atoms with Crippen LogP contribution in [0.4, 0.5) is 0 Å². The molecular weight excluding hydrogens is 218 g/mol. The molecule has 0 heterocycles. The largest absolute Gasteiger partial charge is 0.369 e. The van der Waals surface area contributed by atoms with E-state index in [0.717, 1.165) is 24.9 Å². The summed E-state index contributed by atoms with van der Waals surface area (Å²) < 4.78 is 0. The lowest BCUT2D eigenvalue weighted by molar-refractivity contribution is -0.117. The van der Waals surface area contributed by atoms with Crippen molar-refractivity contribution in [3.63, 3.8) is 0 Å². The Hall–Kier alpha value is -1.88. The zero-order chi connectivity index (χ0) is 12.7. The number of primary amides is 2. The lowest BCUT2D eigenvalue weighted by Crippen LogP contribution is -2.29. The number of aryl methyl sites for hydroxylation is 1. The van der Waals surface area contributed by atoms with Gasteiger partial charge in [-0.25, -0.2) is 0 Å². The van der Waals surface area contributed by atoms with Gasteiger partial charge in [0.05, 0.1) is 6.54 Å². The third-order valence-electron chi connectivity index (χ3n) is 2.36. The van der Waals surface area contributed by atoms with Crippen molar-refractivity contribution in [2.24, 2.45) is 11.5 Å². The lowest BCUT2D eigenvalue weighted by Gasteiger charge is -2.03. The molecule has 17 heavy (non-hydrogen) atoms. The highest BCUT2D eigenvalue weighted by molar-refractivity contribution is 5.92. The van der Waals surface area contributed by atoms with Crippen LogP contribution in [0.15, 0.2) is 24.3 Å². The number of benzene rings is 1. The maximum atomic E-state index is 10.8. The quantitative estimate of drug-likeness (QED) is 0.570. The van der Waals surface area contributed by atoms with Crippen molar-refractivity contribution >= 4 is 11.8 Å². The summed E-state index contributed by atoms with van der Waals surface area (Å²) in [5.41, 5.74) is 11.8. The zero-order valence-corrected chi connectivity index (χ0v) is 9.61. The van der Waals surface area contributed by atoms with E-state index in [2.05, 4.69) is 5.32 Å².